The van der Waals surface area contributed by atoms with Crippen molar-refractivity contribution in [1.29, 1.82) is 0 Å². The van der Waals surface area contributed by atoms with E-state index in [1.165, 1.54) is 24.3 Å². The lowest BCUT2D eigenvalue weighted by Gasteiger charge is -2.46. The van der Waals surface area contributed by atoms with Crippen LogP contribution < -0.4 is 5.73 Å². The first-order valence-corrected chi connectivity index (χ1v) is 14.4. The lowest BCUT2D eigenvalue weighted by molar-refractivity contribution is -0.360. The molecular formula is C29H36ClNO15. The van der Waals surface area contributed by atoms with E-state index < -0.39 is 80.6 Å². The van der Waals surface area contributed by atoms with Crippen LogP contribution in [0.2, 0.25) is 5.02 Å². The summed E-state index contributed by atoms with van der Waals surface area (Å²) in [5.41, 5.74) is 6.32. The molecule has 2 fully saturated rings. The van der Waals surface area contributed by atoms with Crippen molar-refractivity contribution in [3.05, 3.63) is 52.6 Å². The second-order valence-corrected chi connectivity index (χ2v) is 11.1. The van der Waals surface area contributed by atoms with E-state index in [9.17, 15) is 50.8 Å². The molecule has 2 aromatic rings. The van der Waals surface area contributed by atoms with Gasteiger partial charge >= 0.3 is 5.97 Å². The maximum absolute atomic E-state index is 12.9. The number of esters is 1. The molecule has 2 aliphatic heterocycles. The minimum Gasteiger partial charge on any atom is -0.508 e. The van der Waals surface area contributed by atoms with Crippen LogP contribution in [-0.2, 0) is 34.9 Å². The van der Waals surface area contributed by atoms with Gasteiger partial charge in [-0.2, -0.15) is 0 Å². The lowest BCUT2D eigenvalue weighted by atomic mass is 9.96. The molecule has 11 N–H and O–H groups in total. The first kappa shape index (κ1) is 35.6. The number of aromatic hydroxyl groups is 3. The number of aliphatic hydroxyl groups excluding tert-OH is 6. The monoisotopic (exact) mass is 673 g/mol. The lowest BCUT2D eigenvalue weighted by Crippen LogP contribution is -2.65. The minimum absolute atomic E-state index is 0.0240. The van der Waals surface area contributed by atoms with Gasteiger partial charge in [-0.05, 0) is 36.3 Å². The number of phenolic OH excluding ortho intramolecular Hbond substituents is 3. The highest BCUT2D eigenvalue weighted by molar-refractivity contribution is 6.32. The average molecular weight is 674 g/mol. The summed E-state index contributed by atoms with van der Waals surface area (Å²) in [7, 11) is 0. The number of anilines is 1. The van der Waals surface area contributed by atoms with Crippen LogP contribution in [0.1, 0.15) is 11.1 Å². The van der Waals surface area contributed by atoms with Crippen molar-refractivity contribution in [3.63, 3.8) is 0 Å². The molecule has 254 valence electrons. The van der Waals surface area contributed by atoms with Crippen molar-refractivity contribution in [2.24, 2.45) is 0 Å². The third kappa shape index (κ3) is 8.36. The van der Waals surface area contributed by atoms with Crippen LogP contribution in [0.3, 0.4) is 0 Å². The smallest absolute Gasteiger partial charge is 0.331 e. The molecule has 0 aromatic heterocycles. The highest BCUT2D eigenvalue weighted by atomic mass is 35.5. The molecule has 0 aliphatic carbocycles. The molecule has 2 heterocycles. The summed E-state index contributed by atoms with van der Waals surface area (Å²) >= 11 is 6.10. The molecule has 2 aliphatic rings. The predicted octanol–water partition coefficient (Wildman–Crippen LogP) is -1.51. The molecular weight excluding hydrogens is 638 g/mol. The number of hydrogen-bond donors (Lipinski definition) is 10. The minimum atomic E-state index is -1.90. The summed E-state index contributed by atoms with van der Waals surface area (Å²) in [6.07, 6.45) is -14.5. The van der Waals surface area contributed by atoms with E-state index in [-0.39, 0.29) is 46.5 Å². The molecule has 16 nitrogen and oxygen atoms in total. The predicted molar refractivity (Wildman–Crippen MR) is 156 cm³/mol. The van der Waals surface area contributed by atoms with Gasteiger partial charge < -0.3 is 75.4 Å². The molecule has 0 radical (unpaired) electrons. The average Bonchev–Trinajstić information content (AvgIpc) is 2.99. The summed E-state index contributed by atoms with van der Waals surface area (Å²) in [6.45, 7) is -1.72. The van der Waals surface area contributed by atoms with Gasteiger partial charge in [-0.25, -0.2) is 4.79 Å². The van der Waals surface area contributed by atoms with Crippen LogP contribution in [-0.4, -0.2) is 133 Å². The Bertz CT molecular complexity index is 1330. The van der Waals surface area contributed by atoms with Gasteiger partial charge in [-0.3, -0.25) is 0 Å². The zero-order valence-corrected chi connectivity index (χ0v) is 24.8. The molecule has 0 spiro atoms. The first-order chi connectivity index (χ1) is 21.8. The van der Waals surface area contributed by atoms with Crippen molar-refractivity contribution in [2.45, 2.75) is 67.8 Å². The van der Waals surface area contributed by atoms with Crippen molar-refractivity contribution in [3.8, 4) is 17.2 Å². The van der Waals surface area contributed by atoms with Crippen LogP contribution in [0.5, 0.6) is 17.2 Å². The van der Waals surface area contributed by atoms with E-state index in [2.05, 4.69) is 0 Å². The Balaban J connectivity index is 1.56. The fourth-order valence-corrected chi connectivity index (χ4v) is 5.30. The summed E-state index contributed by atoms with van der Waals surface area (Å²) < 4.78 is 28.0. The Hall–Kier alpha value is -3.26. The van der Waals surface area contributed by atoms with Crippen LogP contribution in [0, 0.1) is 0 Å². The summed E-state index contributed by atoms with van der Waals surface area (Å²) in [5.74, 6) is -1.78. The van der Waals surface area contributed by atoms with E-state index in [0.717, 1.165) is 18.2 Å². The molecule has 0 amide bonds. The van der Waals surface area contributed by atoms with Gasteiger partial charge in [0.2, 0.25) is 0 Å². The van der Waals surface area contributed by atoms with Gasteiger partial charge in [-0.15, -0.1) is 0 Å². The number of phenols is 3. The highest BCUT2D eigenvalue weighted by Crippen LogP contribution is 2.33. The zero-order valence-electron chi connectivity index (χ0n) is 24.1. The van der Waals surface area contributed by atoms with Crippen LogP contribution in [0.25, 0.3) is 6.08 Å². The fourth-order valence-electron chi connectivity index (χ4n) is 5.02. The molecule has 0 unspecified atom stereocenters. The Morgan fingerprint density at radius 2 is 1.50 bits per heavy atom. The molecule has 17 heteroatoms. The van der Waals surface area contributed by atoms with E-state index >= 15 is 0 Å². The second-order valence-electron chi connectivity index (χ2n) is 10.7. The quantitative estimate of drug-likeness (QED) is 0.0737. The number of aliphatic hydroxyl groups is 6. The Kier molecular flexibility index (Phi) is 12.0. The Morgan fingerprint density at radius 1 is 0.848 bits per heavy atom. The van der Waals surface area contributed by atoms with E-state index in [1.54, 1.807) is 0 Å². The van der Waals surface area contributed by atoms with E-state index in [1.807, 2.05) is 0 Å². The molecule has 0 bridgehead atoms. The van der Waals surface area contributed by atoms with Gasteiger partial charge in [0.05, 0.1) is 24.8 Å². The number of halogens is 1. The topological polar surface area (TPSA) is 271 Å². The van der Waals surface area contributed by atoms with Crippen LogP contribution in [0.4, 0.5) is 5.69 Å². The first-order valence-electron chi connectivity index (χ1n) is 14.0. The molecule has 46 heavy (non-hydrogen) atoms. The summed E-state index contributed by atoms with van der Waals surface area (Å²) in [6, 6.07) is 6.44. The summed E-state index contributed by atoms with van der Waals surface area (Å²) in [4.78, 5) is 12.9. The van der Waals surface area contributed by atoms with Gasteiger partial charge in [-0.1, -0.05) is 11.6 Å². The maximum Gasteiger partial charge on any atom is 0.331 e. The number of nitrogen functional groups attached to an aromatic ring is 1. The fraction of sp³-hybridized carbons (Fsp3) is 0.483. The SMILES string of the molecule is Nc1cc(O)c(/C=C/C(=O)O[C@H]2[C@@H](O[C@H]3O[C@@H](CO)[C@H](O)[C@H](O)[C@H]3O)[C@@H](O)[C@H](OCCc3cc(O)cc(O)c3)O[C@@H]2CO)c(Cl)c1. The number of carbonyl (C=O) groups excluding carboxylic acids is 1. The number of nitrogens with two attached hydrogens (primary N) is 1. The Morgan fingerprint density at radius 3 is 2.13 bits per heavy atom. The van der Waals surface area contributed by atoms with Gasteiger partial charge in [0.25, 0.3) is 0 Å². The molecule has 0 saturated carbocycles. The second kappa shape index (κ2) is 15.6. The Labute approximate surface area is 267 Å². The highest BCUT2D eigenvalue weighted by Gasteiger charge is 2.52. The van der Waals surface area contributed by atoms with Gasteiger partial charge in [0, 0.05) is 29.5 Å². The van der Waals surface area contributed by atoms with Crippen molar-refractivity contribution in [1.82, 2.24) is 0 Å². The van der Waals surface area contributed by atoms with E-state index in [0.29, 0.717) is 5.56 Å². The standard InChI is InChI=1S/C29H36ClNO15/c30-17-7-13(31)8-18(36)16(17)1-2-21(37)45-26-20(11-33)44-28(42-4-3-12-5-14(34)9-15(35)6-12)25(41)27(26)46-29-24(40)23(39)22(38)19(10-32)43-29/h1-2,5-9,19-20,22-29,32-36,38-41H,3-4,10-11,31H2/b2-1+/t19-,20+,22-,23-,24+,25+,26+,27-,28+,29+/m0/s1. The largest absolute Gasteiger partial charge is 0.508 e. The van der Waals surface area contributed by atoms with Crippen molar-refractivity contribution < 1.29 is 74.4 Å². The number of benzene rings is 2. The molecule has 2 saturated heterocycles. The normalized spacial score (nSPS) is 31.6. The van der Waals surface area contributed by atoms with Crippen molar-refractivity contribution in [2.75, 3.05) is 25.6 Å². The van der Waals surface area contributed by atoms with Crippen LogP contribution in [0.15, 0.2) is 36.4 Å². The maximum atomic E-state index is 12.9. The molecule has 2 aromatic carbocycles. The number of carbonyl (C=O) groups is 1. The number of hydrogen-bond acceptors (Lipinski definition) is 16. The van der Waals surface area contributed by atoms with Crippen molar-refractivity contribution >= 4 is 29.3 Å². The summed E-state index contributed by atoms with van der Waals surface area (Å²) in [5, 5.41) is 91.5. The zero-order chi connectivity index (χ0) is 33.7. The van der Waals surface area contributed by atoms with E-state index in [4.69, 9.17) is 41.0 Å². The number of ether oxygens (including phenoxy) is 5. The van der Waals surface area contributed by atoms with Crippen LogP contribution >= 0.6 is 11.6 Å². The molecule has 4 rings (SSSR count). The third-order valence-corrected chi connectivity index (χ3v) is 7.65. The van der Waals surface area contributed by atoms with Gasteiger partial charge in [0.1, 0.15) is 60.0 Å². The molecule has 10 atom stereocenters. The third-order valence-electron chi connectivity index (χ3n) is 7.34. The number of rotatable bonds is 11. The van der Waals surface area contributed by atoms with Gasteiger partial charge in [0.15, 0.2) is 18.7 Å².